The molecule has 1 aliphatic carbocycles. The highest BCUT2D eigenvalue weighted by Gasteiger charge is 2.24. The number of rotatable bonds is 7. The molecular weight excluding hydrogens is 342 g/mol. The molecule has 2 N–H and O–H groups in total. The highest BCUT2D eigenvalue weighted by Crippen LogP contribution is 2.29. The predicted octanol–water partition coefficient (Wildman–Crippen LogP) is 1.94. The Morgan fingerprint density at radius 2 is 2.15 bits per heavy atom. The van der Waals surface area contributed by atoms with Gasteiger partial charge < -0.3 is 10.4 Å². The zero-order chi connectivity index (χ0) is 19.2. The van der Waals surface area contributed by atoms with Gasteiger partial charge in [0.05, 0.1) is 18.8 Å². The van der Waals surface area contributed by atoms with E-state index in [-0.39, 0.29) is 19.1 Å². The molecule has 0 saturated carbocycles. The number of aromatic nitrogens is 3. The summed E-state index contributed by atoms with van der Waals surface area (Å²) in [6.45, 7) is 9.53. The van der Waals surface area contributed by atoms with E-state index in [1.807, 2.05) is 4.68 Å². The van der Waals surface area contributed by atoms with Crippen LogP contribution in [0.15, 0.2) is 30.0 Å². The first-order valence-electron chi connectivity index (χ1n) is 9.93. The largest absolute Gasteiger partial charge is 0.395 e. The number of allylic oxidation sites excluding steroid dienone is 2. The van der Waals surface area contributed by atoms with Gasteiger partial charge in [0.25, 0.3) is 5.91 Å². The van der Waals surface area contributed by atoms with Crippen molar-refractivity contribution in [1.29, 1.82) is 0 Å². The van der Waals surface area contributed by atoms with Gasteiger partial charge in [-0.2, -0.15) is 0 Å². The second-order valence-electron chi connectivity index (χ2n) is 7.75. The highest BCUT2D eigenvalue weighted by molar-refractivity contribution is 5.91. The van der Waals surface area contributed by atoms with Crippen LogP contribution >= 0.6 is 0 Å². The molecular formula is C20H31N5O2. The Hall–Kier alpha value is -1.99. The van der Waals surface area contributed by atoms with Gasteiger partial charge in [0.15, 0.2) is 5.69 Å². The molecule has 7 nitrogen and oxygen atoms in total. The van der Waals surface area contributed by atoms with Crippen LogP contribution in [0.25, 0.3) is 0 Å². The quantitative estimate of drug-likeness (QED) is 0.714. The van der Waals surface area contributed by atoms with E-state index in [1.165, 1.54) is 18.4 Å². The second kappa shape index (κ2) is 9.28. The molecule has 1 aromatic rings. The number of hydrogen-bond donors (Lipinski definition) is 2. The van der Waals surface area contributed by atoms with Crippen molar-refractivity contribution in [3.05, 3.63) is 35.7 Å². The Labute approximate surface area is 161 Å². The van der Waals surface area contributed by atoms with Crippen LogP contribution in [-0.2, 0) is 0 Å². The van der Waals surface area contributed by atoms with E-state index in [1.54, 1.807) is 11.8 Å². The van der Waals surface area contributed by atoms with Gasteiger partial charge in [-0.05, 0) is 44.9 Å². The molecule has 0 spiro atoms. The Balaban J connectivity index is 1.46. The van der Waals surface area contributed by atoms with Gasteiger partial charge >= 0.3 is 0 Å². The zero-order valence-electron chi connectivity index (χ0n) is 16.2. The lowest BCUT2D eigenvalue weighted by Crippen LogP contribution is -2.36. The van der Waals surface area contributed by atoms with E-state index in [2.05, 4.69) is 40.1 Å². The molecule has 148 valence electrons. The number of aliphatic hydroxyl groups is 1. The number of carbonyl (C=O) groups is 1. The van der Waals surface area contributed by atoms with E-state index in [0.717, 1.165) is 38.9 Å². The summed E-state index contributed by atoms with van der Waals surface area (Å²) in [6.07, 6.45) is 9.73. The highest BCUT2D eigenvalue weighted by atomic mass is 16.3. The molecule has 0 radical (unpaired) electrons. The number of carbonyl (C=O) groups excluding carboxylic acids is 1. The van der Waals surface area contributed by atoms with Gasteiger partial charge in [0.2, 0.25) is 0 Å². The summed E-state index contributed by atoms with van der Waals surface area (Å²) in [5.41, 5.74) is 3.18. The van der Waals surface area contributed by atoms with E-state index in [4.69, 9.17) is 5.11 Å². The molecule has 2 aliphatic rings. The maximum atomic E-state index is 11.9. The molecule has 0 bridgehead atoms. The number of nitrogens with zero attached hydrogens (tertiary/aromatic N) is 4. The molecule has 27 heavy (non-hydrogen) atoms. The number of amides is 1. The molecule has 3 rings (SSSR count). The average molecular weight is 374 g/mol. The normalized spacial score (nSPS) is 21.7. The molecule has 1 saturated heterocycles. The SMILES string of the molecule is C=C(C)[C@@H]1CC=C(CN2CCC(n3cc(C(=O)NCCO)nn3)CC2)CC1. The maximum Gasteiger partial charge on any atom is 0.273 e. The Kier molecular flexibility index (Phi) is 6.79. The molecule has 1 atom stereocenters. The van der Waals surface area contributed by atoms with Crippen molar-refractivity contribution in [3.63, 3.8) is 0 Å². The fourth-order valence-corrected chi connectivity index (χ4v) is 3.93. The zero-order valence-corrected chi connectivity index (χ0v) is 16.2. The van der Waals surface area contributed by atoms with Crippen LogP contribution in [0.1, 0.15) is 55.6 Å². The summed E-state index contributed by atoms with van der Waals surface area (Å²) in [7, 11) is 0. The Morgan fingerprint density at radius 3 is 2.78 bits per heavy atom. The van der Waals surface area contributed by atoms with Crippen molar-refractivity contribution >= 4 is 5.91 Å². The average Bonchev–Trinajstić information content (AvgIpc) is 3.17. The Morgan fingerprint density at radius 1 is 1.37 bits per heavy atom. The van der Waals surface area contributed by atoms with Gasteiger partial charge in [0, 0.05) is 26.2 Å². The summed E-state index contributed by atoms with van der Waals surface area (Å²) in [5.74, 6) is 0.376. The molecule has 0 aromatic carbocycles. The second-order valence-corrected chi connectivity index (χ2v) is 7.75. The van der Waals surface area contributed by atoms with E-state index in [9.17, 15) is 4.79 Å². The van der Waals surface area contributed by atoms with Gasteiger partial charge in [-0.15, -0.1) is 5.10 Å². The lowest BCUT2D eigenvalue weighted by atomic mass is 9.85. The van der Waals surface area contributed by atoms with Crippen molar-refractivity contribution in [2.45, 2.75) is 45.1 Å². The lowest BCUT2D eigenvalue weighted by molar-refractivity contribution is 0.0939. The van der Waals surface area contributed by atoms with Gasteiger partial charge in [-0.1, -0.05) is 29.0 Å². The minimum absolute atomic E-state index is 0.0807. The van der Waals surface area contributed by atoms with E-state index < -0.39 is 0 Å². The first kappa shape index (κ1) is 19.8. The molecule has 1 fully saturated rings. The van der Waals surface area contributed by atoms with Crippen LogP contribution in [0.5, 0.6) is 0 Å². The summed E-state index contributed by atoms with van der Waals surface area (Å²) in [5, 5.41) is 19.5. The topological polar surface area (TPSA) is 83.3 Å². The molecule has 7 heteroatoms. The fraction of sp³-hybridized carbons (Fsp3) is 0.650. The summed E-state index contributed by atoms with van der Waals surface area (Å²) >= 11 is 0. The standard InChI is InChI=1S/C20H31N5O2/c1-15(2)17-5-3-16(4-6-17)13-24-10-7-18(8-11-24)25-14-19(22-23-25)20(27)21-9-12-26/h3,14,17-18,26H,1,4-13H2,2H3,(H,21,27)/t17-/m1/s1. The van der Waals surface area contributed by atoms with Crippen molar-refractivity contribution in [2.75, 3.05) is 32.8 Å². The molecule has 1 aliphatic heterocycles. The summed E-state index contributed by atoms with van der Waals surface area (Å²) in [6, 6.07) is 0.293. The summed E-state index contributed by atoms with van der Waals surface area (Å²) < 4.78 is 1.82. The third-order valence-corrected chi connectivity index (χ3v) is 5.70. The van der Waals surface area contributed by atoms with Crippen LogP contribution < -0.4 is 5.32 Å². The van der Waals surface area contributed by atoms with E-state index in [0.29, 0.717) is 17.7 Å². The molecule has 0 unspecified atom stereocenters. The first-order chi connectivity index (χ1) is 13.1. The number of hydrogen-bond acceptors (Lipinski definition) is 5. The molecule has 2 heterocycles. The number of nitrogens with one attached hydrogen (secondary N) is 1. The van der Waals surface area contributed by atoms with Crippen molar-refractivity contribution in [1.82, 2.24) is 25.2 Å². The first-order valence-corrected chi connectivity index (χ1v) is 9.93. The van der Waals surface area contributed by atoms with Crippen LogP contribution in [0.3, 0.4) is 0 Å². The van der Waals surface area contributed by atoms with Crippen LogP contribution in [0, 0.1) is 5.92 Å². The Bertz CT molecular complexity index is 688. The third kappa shape index (κ3) is 5.26. The lowest BCUT2D eigenvalue weighted by Gasteiger charge is -2.33. The van der Waals surface area contributed by atoms with E-state index >= 15 is 0 Å². The molecule has 1 amide bonds. The van der Waals surface area contributed by atoms with Crippen molar-refractivity contribution in [2.24, 2.45) is 5.92 Å². The minimum atomic E-state index is -0.287. The fourth-order valence-electron chi connectivity index (χ4n) is 3.93. The van der Waals surface area contributed by atoms with Crippen LogP contribution in [-0.4, -0.2) is 63.7 Å². The minimum Gasteiger partial charge on any atom is -0.395 e. The van der Waals surface area contributed by atoms with Crippen LogP contribution in [0.2, 0.25) is 0 Å². The molecule has 1 aromatic heterocycles. The van der Waals surface area contributed by atoms with Gasteiger partial charge in [0.1, 0.15) is 0 Å². The monoisotopic (exact) mass is 373 g/mol. The maximum absolute atomic E-state index is 11.9. The van der Waals surface area contributed by atoms with Crippen LogP contribution in [0.4, 0.5) is 0 Å². The van der Waals surface area contributed by atoms with Crippen molar-refractivity contribution < 1.29 is 9.90 Å². The number of aliphatic hydroxyl groups excluding tert-OH is 1. The summed E-state index contributed by atoms with van der Waals surface area (Å²) in [4.78, 5) is 14.4. The van der Waals surface area contributed by atoms with Crippen molar-refractivity contribution in [3.8, 4) is 0 Å². The third-order valence-electron chi connectivity index (χ3n) is 5.70. The smallest absolute Gasteiger partial charge is 0.273 e. The van der Waals surface area contributed by atoms with Gasteiger partial charge in [-0.25, -0.2) is 4.68 Å². The van der Waals surface area contributed by atoms with Gasteiger partial charge in [-0.3, -0.25) is 9.69 Å². The number of likely N-dealkylation sites (tertiary alicyclic amines) is 1. The number of piperidine rings is 1. The predicted molar refractivity (Wildman–Crippen MR) is 104 cm³/mol.